The van der Waals surface area contributed by atoms with E-state index < -0.39 is 0 Å². The monoisotopic (exact) mass is 197 g/mol. The van der Waals surface area contributed by atoms with E-state index in [1.165, 1.54) is 0 Å². The quantitative estimate of drug-likeness (QED) is 0.521. The number of fused-ring (bicyclic) bond motifs is 1. The average molecular weight is 198 g/mol. The topological polar surface area (TPSA) is 15.4 Å². The molecule has 0 fully saturated rings. The highest BCUT2D eigenvalue weighted by atomic mass is 79.9. The highest BCUT2D eigenvalue weighted by molar-refractivity contribution is 9.11. The van der Waals surface area contributed by atoms with Crippen molar-refractivity contribution < 1.29 is 4.58 Å². The van der Waals surface area contributed by atoms with Gasteiger partial charge in [0.25, 0.3) is 6.17 Å². The molecular formula is C7H6BrN2+. The number of nitrogens with zero attached hydrogens (tertiary/aromatic N) is 2. The molecule has 0 aromatic heterocycles. The van der Waals surface area contributed by atoms with Crippen LogP contribution in [0.3, 0.4) is 0 Å². The smallest absolute Gasteiger partial charge is 0.215 e. The van der Waals surface area contributed by atoms with E-state index in [2.05, 4.69) is 27.0 Å². The molecule has 2 heterocycles. The minimum absolute atomic E-state index is 0.194. The molecule has 1 atom stereocenters. The fourth-order valence-corrected chi connectivity index (χ4v) is 1.35. The summed E-state index contributed by atoms with van der Waals surface area (Å²) in [7, 11) is 0. The van der Waals surface area contributed by atoms with Gasteiger partial charge in [-0.15, -0.1) is 0 Å². The lowest BCUT2D eigenvalue weighted by Crippen LogP contribution is -2.15. The summed E-state index contributed by atoms with van der Waals surface area (Å²) in [5.74, 6) is 0. The summed E-state index contributed by atoms with van der Waals surface area (Å²) in [5.41, 5.74) is 0. The van der Waals surface area contributed by atoms with Crippen LogP contribution in [0.1, 0.15) is 0 Å². The van der Waals surface area contributed by atoms with Gasteiger partial charge in [-0.1, -0.05) is 15.9 Å². The van der Waals surface area contributed by atoms with Crippen molar-refractivity contribution in [3.63, 3.8) is 0 Å². The fraction of sp³-hybridized carbons (Fsp3) is 0.143. The van der Waals surface area contributed by atoms with Crippen molar-refractivity contribution in [1.29, 1.82) is 0 Å². The molecule has 2 rings (SSSR count). The molecule has 10 heavy (non-hydrogen) atoms. The van der Waals surface area contributed by atoms with E-state index in [4.69, 9.17) is 0 Å². The van der Waals surface area contributed by atoms with E-state index in [1.807, 2.05) is 29.3 Å². The predicted octanol–water partition coefficient (Wildman–Crippen LogP) is 1.29. The molecule has 0 spiro atoms. The Bertz CT molecular complexity index is 273. The number of allylic oxidation sites excluding steroid dienone is 2. The first-order valence-electron chi connectivity index (χ1n) is 3.06. The third kappa shape index (κ3) is 0.865. The van der Waals surface area contributed by atoms with E-state index in [0.29, 0.717) is 0 Å². The van der Waals surface area contributed by atoms with Crippen LogP contribution in [0, 0.1) is 0 Å². The van der Waals surface area contributed by atoms with E-state index in [9.17, 15) is 0 Å². The van der Waals surface area contributed by atoms with Gasteiger partial charge >= 0.3 is 0 Å². The van der Waals surface area contributed by atoms with Gasteiger partial charge in [0.15, 0.2) is 12.4 Å². The molecule has 1 unspecified atom stereocenters. The normalized spacial score (nSPS) is 27.9. The summed E-state index contributed by atoms with van der Waals surface area (Å²) < 4.78 is 3.14. The average Bonchev–Trinajstić information content (AvgIpc) is 2.33. The van der Waals surface area contributed by atoms with Gasteiger partial charge in [0.1, 0.15) is 0 Å². The third-order valence-electron chi connectivity index (χ3n) is 1.50. The van der Waals surface area contributed by atoms with Crippen LogP contribution >= 0.6 is 15.9 Å². The van der Waals surface area contributed by atoms with Gasteiger partial charge in [0, 0.05) is 16.6 Å². The van der Waals surface area contributed by atoms with Gasteiger partial charge in [-0.05, 0) is 0 Å². The van der Waals surface area contributed by atoms with Gasteiger partial charge in [-0.25, -0.2) is 4.99 Å². The standard InChI is InChI=1S/C7H6BrN2/c8-6-1-3-10-4-2-9-7(10)5-6/h1-5,7H/q+1. The number of hydrogen-bond acceptors (Lipinski definition) is 1. The number of hydrogen-bond donors (Lipinski definition) is 0. The Kier molecular flexibility index (Phi) is 1.31. The van der Waals surface area contributed by atoms with Crippen LogP contribution in [0.4, 0.5) is 0 Å². The van der Waals surface area contributed by atoms with E-state index in [1.54, 1.807) is 0 Å². The minimum Gasteiger partial charge on any atom is -0.215 e. The minimum atomic E-state index is 0.194. The van der Waals surface area contributed by atoms with Gasteiger partial charge in [-0.2, -0.15) is 4.58 Å². The summed E-state index contributed by atoms with van der Waals surface area (Å²) in [6.45, 7) is 0. The highest BCUT2D eigenvalue weighted by Gasteiger charge is 2.20. The molecule has 0 aromatic rings. The number of halogens is 1. The first kappa shape index (κ1) is 6.04. The molecule has 0 N–H and O–H groups in total. The maximum atomic E-state index is 4.20. The molecular weight excluding hydrogens is 192 g/mol. The zero-order valence-corrected chi connectivity index (χ0v) is 6.82. The van der Waals surface area contributed by atoms with E-state index >= 15 is 0 Å². The molecule has 0 amide bonds. The molecule has 2 aliphatic heterocycles. The van der Waals surface area contributed by atoms with Gasteiger partial charge in [0.2, 0.25) is 0 Å². The van der Waals surface area contributed by atoms with Crippen LogP contribution in [0.2, 0.25) is 0 Å². The Balaban J connectivity index is 2.39. The van der Waals surface area contributed by atoms with Crippen LogP contribution < -0.4 is 0 Å². The summed E-state index contributed by atoms with van der Waals surface area (Å²) in [5, 5.41) is 0. The molecule has 0 aliphatic carbocycles. The first-order valence-corrected chi connectivity index (χ1v) is 3.85. The summed E-state index contributed by atoms with van der Waals surface area (Å²) in [6, 6.07) is 0. The van der Waals surface area contributed by atoms with Crippen LogP contribution in [0.5, 0.6) is 0 Å². The lowest BCUT2D eigenvalue weighted by atomic mass is 10.3. The summed E-state index contributed by atoms with van der Waals surface area (Å²) in [4.78, 5) is 4.20. The predicted molar refractivity (Wildman–Crippen MR) is 44.8 cm³/mol. The largest absolute Gasteiger partial charge is 0.271 e. The van der Waals surface area contributed by atoms with E-state index in [-0.39, 0.29) is 6.17 Å². The Labute approximate surface area is 67.4 Å². The Morgan fingerprint density at radius 3 is 3.40 bits per heavy atom. The second kappa shape index (κ2) is 2.16. The van der Waals surface area contributed by atoms with Crippen molar-refractivity contribution in [3.8, 4) is 0 Å². The van der Waals surface area contributed by atoms with Crippen LogP contribution in [-0.4, -0.2) is 23.2 Å². The summed E-state index contributed by atoms with van der Waals surface area (Å²) in [6.07, 6.45) is 10.0. The van der Waals surface area contributed by atoms with Crippen molar-refractivity contribution in [2.45, 2.75) is 6.17 Å². The second-order valence-corrected chi connectivity index (χ2v) is 3.09. The zero-order chi connectivity index (χ0) is 6.97. The number of aliphatic imine (C=N–C) groups is 1. The molecule has 0 radical (unpaired) electrons. The lowest BCUT2D eigenvalue weighted by molar-refractivity contribution is -0.476. The molecule has 50 valence electrons. The fourth-order valence-electron chi connectivity index (χ4n) is 0.991. The van der Waals surface area contributed by atoms with Gasteiger partial charge < -0.3 is 0 Å². The second-order valence-electron chi connectivity index (χ2n) is 2.18. The van der Waals surface area contributed by atoms with Crippen molar-refractivity contribution in [1.82, 2.24) is 0 Å². The lowest BCUT2D eigenvalue weighted by Gasteiger charge is -2.02. The SMILES string of the molecule is BrC1=CC2N=CC=[N+]2C=C1. The molecule has 0 saturated heterocycles. The maximum Gasteiger partial charge on any atom is 0.271 e. The van der Waals surface area contributed by atoms with Crippen LogP contribution in [0.25, 0.3) is 0 Å². The Morgan fingerprint density at radius 1 is 1.60 bits per heavy atom. The molecule has 0 bridgehead atoms. The third-order valence-corrected chi connectivity index (χ3v) is 2.03. The Morgan fingerprint density at radius 2 is 2.50 bits per heavy atom. The highest BCUT2D eigenvalue weighted by Crippen LogP contribution is 2.16. The molecule has 0 saturated carbocycles. The number of rotatable bonds is 0. The zero-order valence-electron chi connectivity index (χ0n) is 5.24. The maximum absolute atomic E-state index is 4.20. The van der Waals surface area contributed by atoms with Crippen molar-refractivity contribution in [3.05, 3.63) is 22.8 Å². The van der Waals surface area contributed by atoms with Crippen molar-refractivity contribution in [2.24, 2.45) is 4.99 Å². The van der Waals surface area contributed by atoms with Crippen LogP contribution in [-0.2, 0) is 0 Å². The van der Waals surface area contributed by atoms with Gasteiger partial charge in [-0.3, -0.25) is 0 Å². The van der Waals surface area contributed by atoms with Gasteiger partial charge in [0.05, 0.1) is 6.21 Å². The van der Waals surface area contributed by atoms with Crippen LogP contribution in [0.15, 0.2) is 27.8 Å². The van der Waals surface area contributed by atoms with E-state index in [0.717, 1.165) is 4.48 Å². The molecule has 0 aromatic carbocycles. The van der Waals surface area contributed by atoms with Crippen molar-refractivity contribution >= 4 is 28.4 Å². The molecule has 2 aliphatic rings. The molecule has 2 nitrogen and oxygen atoms in total. The molecule has 3 heteroatoms. The summed E-state index contributed by atoms with van der Waals surface area (Å²) >= 11 is 3.38. The Hall–Kier alpha value is -0.700. The first-order chi connectivity index (χ1) is 4.86. The van der Waals surface area contributed by atoms with Crippen molar-refractivity contribution in [2.75, 3.05) is 0 Å².